The molecule has 2 saturated heterocycles. The van der Waals surface area contributed by atoms with Crippen molar-refractivity contribution in [3.05, 3.63) is 6.33 Å². The second-order valence-electron chi connectivity index (χ2n) is 8.02. The first-order valence-electron chi connectivity index (χ1n) is 9.69. The van der Waals surface area contributed by atoms with Crippen LogP contribution in [0.5, 0.6) is 6.01 Å². The Bertz CT molecular complexity index is 884. The molecular formula is C18H24IN5O4. The highest BCUT2D eigenvalue weighted by Gasteiger charge is 2.55. The van der Waals surface area contributed by atoms with Gasteiger partial charge in [0.2, 0.25) is 0 Å². The van der Waals surface area contributed by atoms with E-state index in [1.807, 2.05) is 18.4 Å². The monoisotopic (exact) mass is 501 g/mol. The van der Waals surface area contributed by atoms with Crippen LogP contribution < -0.4 is 10.5 Å². The molecule has 9 nitrogen and oxygen atoms in total. The van der Waals surface area contributed by atoms with Gasteiger partial charge in [0.05, 0.1) is 12.4 Å². The molecule has 0 spiro atoms. The quantitative estimate of drug-likeness (QED) is 0.504. The van der Waals surface area contributed by atoms with E-state index in [4.69, 9.17) is 24.7 Å². The summed E-state index contributed by atoms with van der Waals surface area (Å²) in [5.41, 5.74) is 7.27. The Morgan fingerprint density at radius 1 is 1.25 bits per heavy atom. The zero-order chi connectivity index (χ0) is 19.5. The molecule has 1 saturated carbocycles. The third kappa shape index (κ3) is 3.14. The van der Waals surface area contributed by atoms with E-state index in [0.717, 1.165) is 17.3 Å². The Morgan fingerprint density at radius 2 is 2.00 bits per heavy atom. The number of ether oxygens (including phenoxy) is 4. The molecule has 152 valence electrons. The molecule has 2 aromatic heterocycles. The van der Waals surface area contributed by atoms with Crippen LogP contribution in [0, 0.1) is 0 Å². The predicted octanol–water partition coefficient (Wildman–Crippen LogP) is 2.58. The molecule has 10 heteroatoms. The maximum absolute atomic E-state index is 6.26. The number of hydrogen-bond donors (Lipinski definition) is 1. The maximum Gasteiger partial charge on any atom is 0.320 e. The number of nitrogen functional groups attached to an aromatic ring is 1. The highest BCUT2D eigenvalue weighted by molar-refractivity contribution is 14.1. The first-order valence-corrected chi connectivity index (χ1v) is 11.2. The number of aromatic nitrogens is 4. The van der Waals surface area contributed by atoms with Crippen LogP contribution in [0.4, 0.5) is 5.82 Å². The second kappa shape index (κ2) is 6.92. The molecule has 5 rings (SSSR count). The van der Waals surface area contributed by atoms with Crippen LogP contribution in [0.25, 0.3) is 11.2 Å². The van der Waals surface area contributed by atoms with Crippen molar-refractivity contribution in [2.75, 3.05) is 10.2 Å². The van der Waals surface area contributed by atoms with Crippen molar-refractivity contribution in [3.8, 4) is 6.01 Å². The predicted molar refractivity (Wildman–Crippen MR) is 109 cm³/mol. The summed E-state index contributed by atoms with van der Waals surface area (Å²) >= 11 is 2.31. The van der Waals surface area contributed by atoms with Crippen LogP contribution in [-0.2, 0) is 14.2 Å². The number of anilines is 1. The third-order valence-corrected chi connectivity index (χ3v) is 6.42. The van der Waals surface area contributed by atoms with Crippen molar-refractivity contribution in [3.63, 3.8) is 0 Å². The average Bonchev–Trinajstić information content (AvgIpc) is 3.39. The molecule has 28 heavy (non-hydrogen) atoms. The van der Waals surface area contributed by atoms with Crippen LogP contribution in [-0.4, -0.2) is 54.1 Å². The summed E-state index contributed by atoms with van der Waals surface area (Å²) in [5, 5.41) is 0. The number of alkyl halides is 1. The zero-order valence-electron chi connectivity index (χ0n) is 15.9. The van der Waals surface area contributed by atoms with Crippen LogP contribution in [0.15, 0.2) is 6.33 Å². The Labute approximate surface area is 176 Å². The third-order valence-electron chi connectivity index (χ3n) is 5.55. The van der Waals surface area contributed by atoms with Crippen molar-refractivity contribution in [1.29, 1.82) is 0 Å². The number of halogens is 1. The molecule has 0 aromatic carbocycles. The number of nitrogens with zero attached hydrogens (tertiary/aromatic N) is 4. The number of fused-ring (bicyclic) bond motifs is 2. The minimum Gasteiger partial charge on any atom is -0.460 e. The number of imidazole rings is 1. The second-order valence-corrected chi connectivity index (χ2v) is 8.90. The van der Waals surface area contributed by atoms with E-state index < -0.39 is 12.0 Å². The molecule has 0 amide bonds. The molecule has 1 unspecified atom stereocenters. The van der Waals surface area contributed by atoms with Crippen molar-refractivity contribution in [2.45, 2.75) is 76.0 Å². The van der Waals surface area contributed by atoms with E-state index in [2.05, 4.69) is 37.5 Å². The Hall–Kier alpha value is -1.24. The van der Waals surface area contributed by atoms with E-state index in [1.165, 1.54) is 12.8 Å². The molecular weight excluding hydrogens is 477 g/mol. The lowest BCUT2D eigenvalue weighted by Crippen LogP contribution is -2.30. The molecule has 0 radical (unpaired) electrons. The first kappa shape index (κ1) is 18.8. The largest absolute Gasteiger partial charge is 0.460 e. The summed E-state index contributed by atoms with van der Waals surface area (Å²) in [5.74, 6) is -0.344. The van der Waals surface area contributed by atoms with E-state index >= 15 is 0 Å². The van der Waals surface area contributed by atoms with Gasteiger partial charge in [0, 0.05) is 4.43 Å². The Morgan fingerprint density at radius 3 is 2.75 bits per heavy atom. The zero-order valence-corrected chi connectivity index (χ0v) is 18.0. The topological polar surface area (TPSA) is 107 Å². The summed E-state index contributed by atoms with van der Waals surface area (Å²) in [7, 11) is 0. The Kier molecular flexibility index (Phi) is 4.64. The summed E-state index contributed by atoms with van der Waals surface area (Å²) in [6.45, 7) is 3.85. The fourth-order valence-electron chi connectivity index (χ4n) is 4.32. The smallest absolute Gasteiger partial charge is 0.320 e. The molecule has 2 N–H and O–H groups in total. The highest BCUT2D eigenvalue weighted by Crippen LogP contribution is 2.44. The summed E-state index contributed by atoms with van der Waals surface area (Å²) in [6.07, 6.45) is 5.37. The Balaban J connectivity index is 1.51. The molecule has 2 aliphatic heterocycles. The lowest BCUT2D eigenvalue weighted by atomic mass is 10.1. The van der Waals surface area contributed by atoms with Gasteiger partial charge in [0.25, 0.3) is 0 Å². The van der Waals surface area contributed by atoms with Crippen LogP contribution in [0.3, 0.4) is 0 Å². The van der Waals surface area contributed by atoms with Gasteiger partial charge < -0.3 is 24.7 Å². The number of nitrogens with two attached hydrogens (primary N) is 1. The van der Waals surface area contributed by atoms with Crippen molar-refractivity contribution < 1.29 is 18.9 Å². The lowest BCUT2D eigenvalue weighted by Gasteiger charge is -2.24. The summed E-state index contributed by atoms with van der Waals surface area (Å²) in [4.78, 5) is 13.3. The lowest BCUT2D eigenvalue weighted by molar-refractivity contribution is -0.193. The molecule has 3 aliphatic rings. The van der Waals surface area contributed by atoms with Gasteiger partial charge in [-0.3, -0.25) is 4.57 Å². The minimum absolute atomic E-state index is 0.0665. The van der Waals surface area contributed by atoms with Gasteiger partial charge >= 0.3 is 6.01 Å². The van der Waals surface area contributed by atoms with Gasteiger partial charge in [-0.1, -0.05) is 22.6 Å². The fourth-order valence-corrected chi connectivity index (χ4v) is 5.03. The minimum atomic E-state index is -0.650. The van der Waals surface area contributed by atoms with Gasteiger partial charge in [0.15, 0.2) is 29.0 Å². The van der Waals surface area contributed by atoms with Gasteiger partial charge in [0.1, 0.15) is 18.3 Å². The van der Waals surface area contributed by atoms with Gasteiger partial charge in [-0.05, 0) is 39.5 Å². The molecule has 2 aromatic rings. The summed E-state index contributed by atoms with van der Waals surface area (Å²) < 4.78 is 27.1. The molecule has 3 fully saturated rings. The highest BCUT2D eigenvalue weighted by atomic mass is 127. The van der Waals surface area contributed by atoms with Gasteiger partial charge in [-0.2, -0.15) is 9.97 Å². The average molecular weight is 501 g/mol. The fraction of sp³-hybridized carbons (Fsp3) is 0.722. The van der Waals surface area contributed by atoms with Crippen molar-refractivity contribution >= 4 is 39.6 Å². The van der Waals surface area contributed by atoms with E-state index in [0.29, 0.717) is 23.0 Å². The molecule has 1 aliphatic carbocycles. The van der Waals surface area contributed by atoms with E-state index in [9.17, 15) is 0 Å². The first-order chi connectivity index (χ1) is 13.4. The van der Waals surface area contributed by atoms with Gasteiger partial charge in [-0.25, -0.2) is 4.98 Å². The van der Waals surface area contributed by atoms with Crippen LogP contribution in [0.2, 0.25) is 0 Å². The summed E-state index contributed by atoms with van der Waals surface area (Å²) in [6, 6.07) is 0.294. The van der Waals surface area contributed by atoms with Crippen LogP contribution >= 0.6 is 22.6 Å². The number of hydrogen-bond acceptors (Lipinski definition) is 8. The SMILES string of the molecule is CC1(C)O[C@@H]2[C@@H](CI)OC(n3cnc4c(N)nc(OC5CCCC5)nc43)[C@@H]2O1. The standard InChI is InChI=1S/C18H24IN5O4/c1-18(2)27-12-10(7-19)26-16(13(12)28-18)24-8-21-11-14(20)22-17(23-15(11)24)25-9-5-3-4-6-9/h8-10,12-13,16H,3-7H2,1-2H3,(H2,20,22,23)/t10-,12-,13-,16?/m1/s1. The molecule has 0 bridgehead atoms. The molecule has 4 atom stereocenters. The molecule has 4 heterocycles. The van der Waals surface area contributed by atoms with Crippen LogP contribution in [0.1, 0.15) is 45.8 Å². The van der Waals surface area contributed by atoms with Gasteiger partial charge in [-0.15, -0.1) is 0 Å². The van der Waals surface area contributed by atoms with Crippen molar-refractivity contribution in [2.24, 2.45) is 0 Å². The van der Waals surface area contributed by atoms with E-state index in [-0.39, 0.29) is 24.4 Å². The number of rotatable bonds is 4. The van der Waals surface area contributed by atoms with Crippen molar-refractivity contribution in [1.82, 2.24) is 19.5 Å². The normalized spacial score (nSPS) is 32.2. The maximum atomic E-state index is 6.26. The van der Waals surface area contributed by atoms with E-state index in [1.54, 1.807) is 6.33 Å².